The minimum atomic E-state index is 0.0990. The van der Waals surface area contributed by atoms with Crippen LogP contribution in [0.5, 0.6) is 0 Å². The molecule has 0 radical (unpaired) electrons. The van der Waals surface area contributed by atoms with Crippen molar-refractivity contribution in [3.63, 3.8) is 0 Å². The summed E-state index contributed by atoms with van der Waals surface area (Å²) in [5.74, 6) is 0.649. The molecule has 0 saturated carbocycles. The Hall–Kier alpha value is -1.40. The highest BCUT2D eigenvalue weighted by Gasteiger charge is 2.15. The van der Waals surface area contributed by atoms with Crippen LogP contribution < -0.4 is 10.2 Å². The van der Waals surface area contributed by atoms with Gasteiger partial charge in [0.1, 0.15) is 0 Å². The molecule has 0 amide bonds. The number of rotatable bonds is 8. The highest BCUT2D eigenvalue weighted by Crippen LogP contribution is 2.17. The molecule has 0 aliphatic rings. The van der Waals surface area contributed by atoms with Crippen molar-refractivity contribution in [2.75, 3.05) is 25.0 Å². The zero-order valence-corrected chi connectivity index (χ0v) is 13.1. The zero-order valence-electron chi connectivity index (χ0n) is 12.3. The molecule has 6 heteroatoms. The lowest BCUT2D eigenvalue weighted by atomic mass is 10.3. The van der Waals surface area contributed by atoms with Gasteiger partial charge in [-0.1, -0.05) is 18.1 Å². The van der Waals surface area contributed by atoms with Gasteiger partial charge < -0.3 is 14.6 Å². The van der Waals surface area contributed by atoms with Crippen LogP contribution in [-0.4, -0.2) is 30.3 Å². The smallest absolute Gasteiger partial charge is 0.317 e. The van der Waals surface area contributed by atoms with Crippen molar-refractivity contribution in [1.29, 1.82) is 0 Å². The van der Waals surface area contributed by atoms with Crippen LogP contribution in [-0.2, 0) is 6.42 Å². The van der Waals surface area contributed by atoms with Crippen LogP contribution in [0.2, 0.25) is 0 Å². The number of hydrogen-bond acceptors (Lipinski definition) is 6. The van der Waals surface area contributed by atoms with Crippen LogP contribution >= 0.6 is 11.3 Å². The first-order valence-electron chi connectivity index (χ1n) is 7.01. The standard InChI is InChI=1S/C14H22N4OS/c1-4-8-15-11(2)13-16-17-14(19-13)18(3)9-7-12-6-5-10-20-12/h5-6,10-11,15H,4,7-9H2,1-3H3. The predicted molar refractivity (Wildman–Crippen MR) is 82.3 cm³/mol. The van der Waals surface area contributed by atoms with Crippen LogP contribution in [0.1, 0.15) is 37.1 Å². The van der Waals surface area contributed by atoms with E-state index in [2.05, 4.69) is 40.0 Å². The fourth-order valence-electron chi connectivity index (χ4n) is 1.83. The Morgan fingerprint density at radius 1 is 1.45 bits per heavy atom. The van der Waals surface area contributed by atoms with Gasteiger partial charge >= 0.3 is 6.01 Å². The molecule has 1 atom stereocenters. The van der Waals surface area contributed by atoms with Crippen molar-refractivity contribution in [3.8, 4) is 0 Å². The third-order valence-corrected chi connectivity index (χ3v) is 4.04. The van der Waals surface area contributed by atoms with Gasteiger partial charge in [-0.3, -0.25) is 0 Å². The van der Waals surface area contributed by atoms with Crippen LogP contribution in [0.3, 0.4) is 0 Å². The molecule has 2 heterocycles. The highest BCUT2D eigenvalue weighted by molar-refractivity contribution is 7.09. The third kappa shape index (κ3) is 4.05. The first kappa shape index (κ1) is 15.0. The second-order valence-electron chi connectivity index (χ2n) is 4.85. The Labute approximate surface area is 124 Å². The van der Waals surface area contributed by atoms with Crippen LogP contribution in [0.25, 0.3) is 0 Å². The van der Waals surface area contributed by atoms with Crippen LogP contribution in [0.4, 0.5) is 6.01 Å². The minimum absolute atomic E-state index is 0.0990. The van der Waals surface area contributed by atoms with E-state index in [0.717, 1.165) is 25.9 Å². The van der Waals surface area contributed by atoms with Gasteiger partial charge in [0, 0.05) is 18.5 Å². The Kier molecular flexibility index (Phi) is 5.55. The fourth-order valence-corrected chi connectivity index (χ4v) is 2.53. The Morgan fingerprint density at radius 3 is 3.00 bits per heavy atom. The summed E-state index contributed by atoms with van der Waals surface area (Å²) in [6.07, 6.45) is 2.08. The lowest BCUT2D eigenvalue weighted by molar-refractivity contribution is 0.416. The van der Waals surface area contributed by atoms with Gasteiger partial charge in [0.25, 0.3) is 0 Å². The molecule has 0 fully saturated rings. The molecule has 1 unspecified atom stereocenters. The summed E-state index contributed by atoms with van der Waals surface area (Å²) in [7, 11) is 1.98. The molecule has 0 bridgehead atoms. The summed E-state index contributed by atoms with van der Waals surface area (Å²) in [6, 6.07) is 4.91. The van der Waals surface area contributed by atoms with E-state index in [1.54, 1.807) is 11.3 Å². The molecule has 2 aromatic heterocycles. The van der Waals surface area contributed by atoms with Crippen molar-refractivity contribution in [2.45, 2.75) is 32.7 Å². The fraction of sp³-hybridized carbons (Fsp3) is 0.571. The first-order chi connectivity index (χ1) is 9.70. The van der Waals surface area contributed by atoms with E-state index < -0.39 is 0 Å². The lowest BCUT2D eigenvalue weighted by Gasteiger charge is -2.13. The number of thiophene rings is 1. The van der Waals surface area contributed by atoms with Crippen molar-refractivity contribution >= 4 is 17.4 Å². The van der Waals surface area contributed by atoms with Gasteiger partial charge in [0.05, 0.1) is 6.04 Å². The molecule has 2 rings (SSSR count). The molecule has 0 aliphatic carbocycles. The van der Waals surface area contributed by atoms with Gasteiger partial charge in [-0.2, -0.15) is 0 Å². The number of aromatic nitrogens is 2. The highest BCUT2D eigenvalue weighted by atomic mass is 32.1. The number of nitrogens with one attached hydrogen (secondary N) is 1. The van der Waals surface area contributed by atoms with Crippen molar-refractivity contribution < 1.29 is 4.42 Å². The molecule has 110 valence electrons. The van der Waals surface area contributed by atoms with Crippen molar-refractivity contribution in [1.82, 2.24) is 15.5 Å². The van der Waals surface area contributed by atoms with Crippen LogP contribution in [0, 0.1) is 0 Å². The molecule has 0 spiro atoms. The maximum atomic E-state index is 5.72. The average molecular weight is 294 g/mol. The number of nitrogens with zero attached hydrogens (tertiary/aromatic N) is 3. The number of anilines is 1. The molecular formula is C14H22N4OS. The largest absolute Gasteiger partial charge is 0.406 e. The minimum Gasteiger partial charge on any atom is -0.406 e. The van der Waals surface area contributed by atoms with E-state index >= 15 is 0 Å². The lowest BCUT2D eigenvalue weighted by Crippen LogP contribution is -2.20. The first-order valence-corrected chi connectivity index (χ1v) is 7.89. The summed E-state index contributed by atoms with van der Waals surface area (Å²) in [4.78, 5) is 3.37. The molecule has 2 aromatic rings. The van der Waals surface area contributed by atoms with E-state index in [1.807, 2.05) is 18.9 Å². The Morgan fingerprint density at radius 2 is 2.30 bits per heavy atom. The van der Waals surface area contributed by atoms with Gasteiger partial charge in [-0.05, 0) is 37.8 Å². The zero-order chi connectivity index (χ0) is 14.4. The maximum Gasteiger partial charge on any atom is 0.317 e. The van der Waals surface area contributed by atoms with Crippen LogP contribution in [0.15, 0.2) is 21.9 Å². The number of likely N-dealkylation sites (N-methyl/N-ethyl adjacent to an activating group) is 1. The van der Waals surface area contributed by atoms with E-state index in [0.29, 0.717) is 11.9 Å². The molecule has 20 heavy (non-hydrogen) atoms. The monoisotopic (exact) mass is 294 g/mol. The van der Waals surface area contributed by atoms with Crippen molar-refractivity contribution in [2.24, 2.45) is 0 Å². The summed E-state index contributed by atoms with van der Waals surface area (Å²) in [5.41, 5.74) is 0. The van der Waals surface area contributed by atoms with E-state index in [-0.39, 0.29) is 6.04 Å². The topological polar surface area (TPSA) is 54.2 Å². The molecule has 1 N–H and O–H groups in total. The number of hydrogen-bond donors (Lipinski definition) is 1. The SMILES string of the molecule is CCCNC(C)c1nnc(N(C)CCc2cccs2)o1. The molecule has 5 nitrogen and oxygen atoms in total. The predicted octanol–water partition coefficient (Wildman–Crippen LogP) is 2.87. The summed E-state index contributed by atoms with van der Waals surface area (Å²) in [6.45, 7) is 6.00. The quantitative estimate of drug-likeness (QED) is 0.811. The Bertz CT molecular complexity index is 497. The second kappa shape index (κ2) is 7.40. The average Bonchev–Trinajstić information content (AvgIpc) is 3.12. The van der Waals surface area contributed by atoms with Gasteiger partial charge in [-0.25, -0.2) is 0 Å². The van der Waals surface area contributed by atoms with Crippen molar-refractivity contribution in [3.05, 3.63) is 28.3 Å². The van der Waals surface area contributed by atoms with E-state index in [9.17, 15) is 0 Å². The van der Waals surface area contributed by atoms with E-state index in [4.69, 9.17) is 4.42 Å². The van der Waals surface area contributed by atoms with E-state index in [1.165, 1.54) is 4.88 Å². The molecular weight excluding hydrogens is 272 g/mol. The summed E-state index contributed by atoms with van der Waals surface area (Å²) < 4.78 is 5.72. The van der Waals surface area contributed by atoms with Gasteiger partial charge in [-0.15, -0.1) is 16.4 Å². The molecule has 0 saturated heterocycles. The molecule has 0 aromatic carbocycles. The normalized spacial score (nSPS) is 12.6. The second-order valence-corrected chi connectivity index (χ2v) is 5.88. The summed E-state index contributed by atoms with van der Waals surface area (Å²) in [5, 5.41) is 13.7. The maximum absolute atomic E-state index is 5.72. The van der Waals surface area contributed by atoms with Gasteiger partial charge in [0.15, 0.2) is 0 Å². The summed E-state index contributed by atoms with van der Waals surface area (Å²) >= 11 is 1.78. The molecule has 0 aliphatic heterocycles. The van der Waals surface area contributed by atoms with Gasteiger partial charge in [0.2, 0.25) is 5.89 Å². The third-order valence-electron chi connectivity index (χ3n) is 3.10. The Balaban J connectivity index is 1.87.